The third kappa shape index (κ3) is 6.62. The zero-order valence-corrected chi connectivity index (χ0v) is 17.9. The highest BCUT2D eigenvalue weighted by atomic mass is 19.1. The number of aliphatic hydroxyl groups is 1. The smallest absolute Gasteiger partial charge is 0.145 e. The van der Waals surface area contributed by atoms with Gasteiger partial charge in [0, 0.05) is 31.6 Å². The normalized spacial score (nSPS) is 17.3. The number of halogens is 1. The Kier molecular flexibility index (Phi) is 7.96. The van der Waals surface area contributed by atoms with E-state index in [2.05, 4.69) is 29.1 Å². The van der Waals surface area contributed by atoms with E-state index in [1.54, 1.807) is 6.07 Å². The fourth-order valence-electron chi connectivity index (χ4n) is 3.62. The highest BCUT2D eigenvalue weighted by Crippen LogP contribution is 2.21. The Bertz CT molecular complexity index is 856. The Morgan fingerprint density at radius 1 is 1.23 bits per heavy atom. The van der Waals surface area contributed by atoms with Crippen molar-refractivity contribution in [1.82, 2.24) is 4.90 Å². The van der Waals surface area contributed by atoms with Crippen molar-refractivity contribution in [3.05, 3.63) is 71.0 Å². The molecular formula is C24H31FN2O3. The van der Waals surface area contributed by atoms with Crippen molar-refractivity contribution in [1.29, 1.82) is 0 Å². The molecule has 2 aromatic carbocycles. The van der Waals surface area contributed by atoms with E-state index in [1.807, 2.05) is 32.0 Å². The fourth-order valence-corrected chi connectivity index (χ4v) is 3.62. The minimum absolute atomic E-state index is 0.0551. The summed E-state index contributed by atoms with van der Waals surface area (Å²) in [4.78, 5) is 7.78. The Morgan fingerprint density at radius 3 is 2.77 bits per heavy atom. The van der Waals surface area contributed by atoms with Crippen molar-refractivity contribution < 1.29 is 19.1 Å². The van der Waals surface area contributed by atoms with Crippen LogP contribution >= 0.6 is 0 Å². The summed E-state index contributed by atoms with van der Waals surface area (Å²) in [6, 6.07) is 14.7. The number of aliphatic hydroxyl groups excluding tert-OH is 1. The summed E-state index contributed by atoms with van der Waals surface area (Å²) in [5.74, 6) is -0.265. The molecule has 0 aliphatic carbocycles. The maximum absolute atomic E-state index is 13.6. The first-order chi connectivity index (χ1) is 14.4. The van der Waals surface area contributed by atoms with E-state index in [0.29, 0.717) is 26.1 Å². The minimum atomic E-state index is -0.640. The van der Waals surface area contributed by atoms with Crippen molar-refractivity contribution in [2.24, 2.45) is 5.16 Å². The molecule has 1 heterocycles. The van der Waals surface area contributed by atoms with Gasteiger partial charge in [0.2, 0.25) is 0 Å². The highest BCUT2D eigenvalue weighted by Gasteiger charge is 2.26. The molecule has 0 saturated heterocycles. The largest absolute Gasteiger partial charge is 0.390 e. The van der Waals surface area contributed by atoms with E-state index < -0.39 is 6.10 Å². The van der Waals surface area contributed by atoms with E-state index in [-0.39, 0.29) is 24.6 Å². The van der Waals surface area contributed by atoms with Crippen molar-refractivity contribution in [2.75, 3.05) is 19.7 Å². The first-order valence-electron chi connectivity index (χ1n) is 10.5. The molecule has 0 aromatic heterocycles. The molecule has 0 fully saturated rings. The van der Waals surface area contributed by atoms with Gasteiger partial charge < -0.3 is 14.7 Å². The van der Waals surface area contributed by atoms with Crippen LogP contribution in [-0.2, 0) is 16.1 Å². The lowest BCUT2D eigenvalue weighted by Crippen LogP contribution is -2.39. The van der Waals surface area contributed by atoms with Gasteiger partial charge in [-0.3, -0.25) is 4.90 Å². The van der Waals surface area contributed by atoms with Crippen LogP contribution < -0.4 is 0 Å². The average Bonchev–Trinajstić information content (AvgIpc) is 3.15. The predicted molar refractivity (Wildman–Crippen MR) is 116 cm³/mol. The number of ether oxygens (including phenoxy) is 1. The average molecular weight is 415 g/mol. The molecular weight excluding hydrogens is 383 g/mol. The van der Waals surface area contributed by atoms with Crippen molar-refractivity contribution in [3.63, 3.8) is 0 Å². The van der Waals surface area contributed by atoms with Gasteiger partial charge in [-0.25, -0.2) is 4.39 Å². The van der Waals surface area contributed by atoms with Gasteiger partial charge >= 0.3 is 0 Å². The Morgan fingerprint density at radius 2 is 2.03 bits per heavy atom. The van der Waals surface area contributed by atoms with Crippen LogP contribution in [0.15, 0.2) is 53.7 Å². The van der Waals surface area contributed by atoms with Gasteiger partial charge in [-0.15, -0.1) is 0 Å². The predicted octanol–water partition coefficient (Wildman–Crippen LogP) is 3.92. The van der Waals surface area contributed by atoms with Crippen LogP contribution in [0.5, 0.6) is 0 Å². The molecule has 0 amide bonds. The van der Waals surface area contributed by atoms with Gasteiger partial charge in [0.25, 0.3) is 0 Å². The maximum Gasteiger partial charge on any atom is 0.145 e. The minimum Gasteiger partial charge on any atom is -0.390 e. The molecule has 1 N–H and O–H groups in total. The van der Waals surface area contributed by atoms with E-state index in [4.69, 9.17) is 9.57 Å². The molecule has 0 bridgehead atoms. The molecule has 2 atom stereocenters. The molecule has 5 nitrogen and oxygen atoms in total. The molecule has 1 aliphatic heterocycles. The Labute approximate surface area is 178 Å². The van der Waals surface area contributed by atoms with Crippen LogP contribution in [0.3, 0.4) is 0 Å². The van der Waals surface area contributed by atoms with Gasteiger partial charge in [0.15, 0.2) is 0 Å². The van der Waals surface area contributed by atoms with Crippen molar-refractivity contribution >= 4 is 5.71 Å². The monoisotopic (exact) mass is 414 g/mol. The van der Waals surface area contributed by atoms with E-state index in [1.165, 1.54) is 17.7 Å². The number of oxime groups is 1. The first-order valence-corrected chi connectivity index (χ1v) is 10.5. The lowest BCUT2D eigenvalue weighted by atomic mass is 10.00. The van der Waals surface area contributed by atoms with Crippen LogP contribution in [0.4, 0.5) is 4.39 Å². The highest BCUT2D eigenvalue weighted by molar-refractivity contribution is 6.02. The second-order valence-electron chi connectivity index (χ2n) is 8.14. The van der Waals surface area contributed by atoms with Gasteiger partial charge in [-0.05, 0) is 44.0 Å². The van der Waals surface area contributed by atoms with Gasteiger partial charge in [0.05, 0.1) is 24.5 Å². The lowest BCUT2D eigenvalue weighted by molar-refractivity contribution is -0.0194. The van der Waals surface area contributed by atoms with Crippen LogP contribution in [0.1, 0.15) is 37.0 Å². The third-order valence-electron chi connectivity index (χ3n) is 5.04. The summed E-state index contributed by atoms with van der Waals surface area (Å²) in [7, 11) is 0. The van der Waals surface area contributed by atoms with Gasteiger partial charge in [-0.2, -0.15) is 0 Å². The van der Waals surface area contributed by atoms with E-state index in [9.17, 15) is 9.50 Å². The number of hydrogen-bond donors (Lipinski definition) is 1. The van der Waals surface area contributed by atoms with Crippen LogP contribution in [-0.4, -0.2) is 53.7 Å². The van der Waals surface area contributed by atoms with E-state index in [0.717, 1.165) is 16.8 Å². The Hall–Kier alpha value is -2.28. The summed E-state index contributed by atoms with van der Waals surface area (Å²) < 4.78 is 19.2. The second kappa shape index (κ2) is 10.7. The van der Waals surface area contributed by atoms with Crippen LogP contribution in [0.2, 0.25) is 0 Å². The lowest BCUT2D eigenvalue weighted by Gasteiger charge is -2.27. The Balaban J connectivity index is 1.64. The summed E-state index contributed by atoms with van der Waals surface area (Å²) in [5.41, 5.74) is 4.05. The van der Waals surface area contributed by atoms with Crippen LogP contribution in [0.25, 0.3) is 0 Å². The second-order valence-corrected chi connectivity index (χ2v) is 8.14. The number of aryl methyl sites for hydroxylation is 1. The number of nitrogens with zero attached hydrogens (tertiary/aromatic N) is 2. The quantitative estimate of drug-likeness (QED) is 0.640. The molecule has 0 radical (unpaired) electrons. The zero-order valence-electron chi connectivity index (χ0n) is 17.9. The molecule has 1 aliphatic rings. The zero-order chi connectivity index (χ0) is 21.5. The summed E-state index contributed by atoms with van der Waals surface area (Å²) in [5, 5.41) is 14.7. The SMILES string of the molecule is Cc1ccccc1C1=NO[C@@H](CN(Cc2cccc(F)c2)C[C@@H](O)COC(C)C)C1. The van der Waals surface area contributed by atoms with Crippen LogP contribution in [0, 0.1) is 12.7 Å². The fraction of sp³-hybridized carbons (Fsp3) is 0.458. The van der Waals surface area contributed by atoms with Gasteiger partial charge in [-0.1, -0.05) is 41.6 Å². The molecule has 6 heteroatoms. The number of benzene rings is 2. The molecule has 162 valence electrons. The van der Waals surface area contributed by atoms with Crippen molar-refractivity contribution in [2.45, 2.75) is 52.0 Å². The molecule has 0 spiro atoms. The standard InChI is InChI=1S/C24H31FN2O3/c1-17(2)29-16-21(28)14-27(13-19-8-6-9-20(25)11-19)15-22-12-24(26-30-22)23-10-5-4-7-18(23)3/h4-11,17,21-22,28H,12-16H2,1-3H3/t21-,22-/m1/s1. The summed E-state index contributed by atoms with van der Waals surface area (Å²) >= 11 is 0. The van der Waals surface area contributed by atoms with E-state index >= 15 is 0 Å². The van der Waals surface area contributed by atoms with Crippen molar-refractivity contribution in [3.8, 4) is 0 Å². The summed E-state index contributed by atoms with van der Waals surface area (Å²) in [6.45, 7) is 7.69. The molecule has 0 unspecified atom stereocenters. The molecule has 3 rings (SSSR count). The molecule has 30 heavy (non-hydrogen) atoms. The summed E-state index contributed by atoms with van der Waals surface area (Å²) in [6.07, 6.45) is -0.00614. The van der Waals surface area contributed by atoms with Gasteiger partial charge in [0.1, 0.15) is 11.9 Å². The first kappa shape index (κ1) is 22.4. The molecule has 0 saturated carbocycles. The maximum atomic E-state index is 13.6. The topological polar surface area (TPSA) is 54.3 Å². The third-order valence-corrected chi connectivity index (χ3v) is 5.04. The number of rotatable bonds is 10. The molecule has 2 aromatic rings. The number of hydrogen-bond acceptors (Lipinski definition) is 5.